The number of carboxylic acids is 1. The Balaban J connectivity index is 1.96. The van der Waals surface area contributed by atoms with Crippen LogP contribution >= 0.6 is 11.6 Å². The second kappa shape index (κ2) is 7.59. The van der Waals surface area contributed by atoms with Gasteiger partial charge in [0.2, 0.25) is 0 Å². The molecular formula is C14H14ClN3O5. The summed E-state index contributed by atoms with van der Waals surface area (Å²) in [4.78, 5) is 33.5. The normalized spacial score (nSPS) is 13.6. The van der Waals surface area contributed by atoms with E-state index in [-0.39, 0.29) is 11.8 Å². The van der Waals surface area contributed by atoms with Crippen molar-refractivity contribution in [3.8, 4) is 5.75 Å². The molecule has 0 bridgehead atoms. The third-order valence-electron chi connectivity index (χ3n) is 2.81. The number of hydrogen-bond acceptors (Lipinski definition) is 5. The number of amides is 2. The first kappa shape index (κ1) is 16.8. The summed E-state index contributed by atoms with van der Waals surface area (Å²) in [7, 11) is 0. The largest absolute Gasteiger partial charge is 0.481 e. The molecule has 1 aromatic rings. The van der Waals surface area contributed by atoms with Crippen molar-refractivity contribution in [1.29, 1.82) is 0 Å². The van der Waals surface area contributed by atoms with Gasteiger partial charge in [0.15, 0.2) is 6.61 Å². The number of hydrazone groups is 1. The summed E-state index contributed by atoms with van der Waals surface area (Å²) < 4.78 is 5.08. The summed E-state index contributed by atoms with van der Waals surface area (Å²) in [6.45, 7) is -0.529. The number of carbonyl (C=O) groups is 3. The number of benzene rings is 1. The third kappa shape index (κ3) is 5.59. The third-order valence-corrected chi connectivity index (χ3v) is 3.05. The van der Waals surface area contributed by atoms with Crippen LogP contribution < -0.4 is 15.5 Å². The van der Waals surface area contributed by atoms with Crippen LogP contribution in [0.1, 0.15) is 18.4 Å². The highest BCUT2D eigenvalue weighted by atomic mass is 35.5. The van der Waals surface area contributed by atoms with E-state index in [0.29, 0.717) is 10.6 Å². The van der Waals surface area contributed by atoms with Gasteiger partial charge in [-0.15, -0.1) is 0 Å². The zero-order chi connectivity index (χ0) is 16.8. The van der Waals surface area contributed by atoms with Crippen LogP contribution in [-0.2, 0) is 14.4 Å². The molecule has 1 aromatic carbocycles. The lowest BCUT2D eigenvalue weighted by molar-refractivity contribution is -0.139. The van der Waals surface area contributed by atoms with Crippen molar-refractivity contribution in [2.45, 2.75) is 18.9 Å². The predicted octanol–water partition coefficient (Wildman–Crippen LogP) is 0.532. The van der Waals surface area contributed by atoms with E-state index in [2.05, 4.69) is 15.8 Å². The summed E-state index contributed by atoms with van der Waals surface area (Å²) in [6, 6.07) is 4.56. The van der Waals surface area contributed by atoms with Crippen molar-refractivity contribution in [2.75, 3.05) is 6.61 Å². The van der Waals surface area contributed by atoms with Crippen LogP contribution in [0.5, 0.6) is 5.75 Å². The van der Waals surface area contributed by atoms with E-state index in [0.717, 1.165) is 12.8 Å². The van der Waals surface area contributed by atoms with Gasteiger partial charge in [0.1, 0.15) is 5.75 Å². The molecule has 2 amide bonds. The maximum absolute atomic E-state index is 11.5. The van der Waals surface area contributed by atoms with E-state index in [9.17, 15) is 14.4 Å². The molecule has 0 aliphatic heterocycles. The number of nitrogens with zero attached hydrogens (tertiary/aromatic N) is 1. The molecule has 0 unspecified atom stereocenters. The number of aliphatic carboxylic acids is 1. The molecule has 0 spiro atoms. The summed E-state index contributed by atoms with van der Waals surface area (Å²) in [5.41, 5.74) is 2.44. The van der Waals surface area contributed by atoms with E-state index in [1.54, 1.807) is 0 Å². The van der Waals surface area contributed by atoms with Crippen molar-refractivity contribution in [2.24, 2.45) is 5.10 Å². The fraction of sp³-hybridized carbons (Fsp3) is 0.286. The lowest BCUT2D eigenvalue weighted by atomic mass is 10.2. The highest BCUT2D eigenvalue weighted by Crippen LogP contribution is 2.21. The molecule has 0 radical (unpaired) electrons. The lowest BCUT2D eigenvalue weighted by Crippen LogP contribution is -2.38. The maximum atomic E-state index is 11.5. The SMILES string of the molecule is O=C(O)COc1ccc(Cl)cc1/C=N\NC(=O)C(=O)NC1CC1. The highest BCUT2D eigenvalue weighted by Gasteiger charge is 2.26. The Hall–Kier alpha value is -2.61. The van der Waals surface area contributed by atoms with Gasteiger partial charge in [0, 0.05) is 16.6 Å². The average Bonchev–Trinajstić information content (AvgIpc) is 3.30. The van der Waals surface area contributed by atoms with Crippen LogP contribution in [0, 0.1) is 0 Å². The summed E-state index contributed by atoms with van der Waals surface area (Å²) in [5.74, 6) is -2.54. The van der Waals surface area contributed by atoms with Crippen molar-refractivity contribution < 1.29 is 24.2 Å². The Kier molecular flexibility index (Phi) is 5.53. The van der Waals surface area contributed by atoms with Crippen molar-refractivity contribution in [3.05, 3.63) is 28.8 Å². The van der Waals surface area contributed by atoms with Gasteiger partial charge < -0.3 is 15.2 Å². The molecule has 1 aliphatic carbocycles. The van der Waals surface area contributed by atoms with Gasteiger partial charge in [0.25, 0.3) is 0 Å². The van der Waals surface area contributed by atoms with Gasteiger partial charge in [-0.05, 0) is 31.0 Å². The zero-order valence-electron chi connectivity index (χ0n) is 11.9. The standard InChI is InChI=1S/C14H14ClN3O5/c15-9-1-4-11(23-7-12(19)20)8(5-9)6-16-18-14(22)13(21)17-10-2-3-10/h1,4-6,10H,2-3,7H2,(H,17,21)(H,18,22)(H,19,20)/b16-6-. The minimum atomic E-state index is -1.13. The van der Waals surface area contributed by atoms with Gasteiger partial charge in [-0.2, -0.15) is 5.10 Å². The molecule has 3 N–H and O–H groups in total. The molecule has 1 saturated carbocycles. The summed E-state index contributed by atoms with van der Waals surface area (Å²) in [6.07, 6.45) is 2.95. The molecule has 1 fully saturated rings. The molecule has 1 aliphatic rings. The van der Waals surface area contributed by atoms with Crippen molar-refractivity contribution >= 4 is 35.6 Å². The smallest absolute Gasteiger partial charge is 0.341 e. The van der Waals surface area contributed by atoms with Gasteiger partial charge in [-0.25, -0.2) is 10.2 Å². The van der Waals surface area contributed by atoms with Crippen LogP contribution in [0.25, 0.3) is 0 Å². The van der Waals surface area contributed by atoms with Crippen LogP contribution in [0.4, 0.5) is 0 Å². The van der Waals surface area contributed by atoms with E-state index >= 15 is 0 Å². The molecule has 0 aromatic heterocycles. The number of rotatable bonds is 6. The van der Waals surface area contributed by atoms with Crippen LogP contribution in [0.3, 0.4) is 0 Å². The molecule has 9 heteroatoms. The minimum absolute atomic E-state index is 0.0705. The number of nitrogens with one attached hydrogen (secondary N) is 2. The van der Waals surface area contributed by atoms with Crippen LogP contribution in [-0.4, -0.2) is 41.8 Å². The lowest BCUT2D eigenvalue weighted by Gasteiger charge is -2.07. The molecule has 0 atom stereocenters. The van der Waals surface area contributed by atoms with Crippen molar-refractivity contribution in [3.63, 3.8) is 0 Å². The molecule has 2 rings (SSSR count). The molecule has 122 valence electrons. The fourth-order valence-corrected chi connectivity index (χ4v) is 1.76. The number of carboxylic acid groups (broad SMARTS) is 1. The Labute approximate surface area is 136 Å². The Morgan fingerprint density at radius 1 is 1.35 bits per heavy atom. The highest BCUT2D eigenvalue weighted by molar-refractivity contribution is 6.35. The molecule has 0 heterocycles. The molecular weight excluding hydrogens is 326 g/mol. The fourth-order valence-electron chi connectivity index (χ4n) is 1.58. The van der Waals surface area contributed by atoms with Crippen molar-refractivity contribution in [1.82, 2.24) is 10.7 Å². The summed E-state index contributed by atoms with van der Waals surface area (Å²) >= 11 is 5.85. The van der Waals surface area contributed by atoms with Gasteiger partial charge in [0.05, 0.1) is 6.21 Å². The van der Waals surface area contributed by atoms with E-state index in [1.807, 2.05) is 0 Å². The Bertz CT molecular complexity index is 658. The van der Waals surface area contributed by atoms with E-state index < -0.39 is 24.4 Å². The molecule has 23 heavy (non-hydrogen) atoms. The number of halogens is 1. The quantitative estimate of drug-likeness (QED) is 0.397. The maximum Gasteiger partial charge on any atom is 0.341 e. The molecule has 8 nitrogen and oxygen atoms in total. The molecule has 0 saturated heterocycles. The number of hydrogen-bond donors (Lipinski definition) is 3. The number of carbonyl (C=O) groups excluding carboxylic acids is 2. The average molecular weight is 340 g/mol. The second-order valence-electron chi connectivity index (χ2n) is 4.81. The first-order chi connectivity index (χ1) is 11.0. The summed E-state index contributed by atoms with van der Waals surface area (Å²) in [5, 5.41) is 15.2. The van der Waals surface area contributed by atoms with Crippen LogP contribution in [0.2, 0.25) is 5.02 Å². The van der Waals surface area contributed by atoms with Gasteiger partial charge >= 0.3 is 17.8 Å². The Morgan fingerprint density at radius 2 is 2.09 bits per heavy atom. The first-order valence-electron chi connectivity index (χ1n) is 6.74. The number of ether oxygens (including phenoxy) is 1. The minimum Gasteiger partial charge on any atom is -0.481 e. The predicted molar refractivity (Wildman–Crippen MR) is 81.5 cm³/mol. The monoisotopic (exact) mass is 339 g/mol. The second-order valence-corrected chi connectivity index (χ2v) is 5.25. The first-order valence-corrected chi connectivity index (χ1v) is 7.11. The van der Waals surface area contributed by atoms with E-state index in [4.69, 9.17) is 21.4 Å². The van der Waals surface area contributed by atoms with Gasteiger partial charge in [-0.3, -0.25) is 9.59 Å². The van der Waals surface area contributed by atoms with Crippen LogP contribution in [0.15, 0.2) is 23.3 Å². The van der Waals surface area contributed by atoms with Gasteiger partial charge in [-0.1, -0.05) is 11.6 Å². The zero-order valence-corrected chi connectivity index (χ0v) is 12.7. The Morgan fingerprint density at radius 3 is 2.74 bits per heavy atom. The van der Waals surface area contributed by atoms with E-state index in [1.165, 1.54) is 24.4 Å². The topological polar surface area (TPSA) is 117 Å².